The fourth-order valence-electron chi connectivity index (χ4n) is 1.92. The van der Waals surface area contributed by atoms with Gasteiger partial charge in [-0.2, -0.15) is 0 Å². The van der Waals surface area contributed by atoms with Crippen molar-refractivity contribution in [1.29, 1.82) is 0 Å². The maximum atomic E-state index is 12.0. The predicted octanol–water partition coefficient (Wildman–Crippen LogP) is 1.56. The van der Waals surface area contributed by atoms with Crippen molar-refractivity contribution in [2.24, 2.45) is 0 Å². The number of nitrogens with one attached hydrogen (secondary N) is 1. The summed E-state index contributed by atoms with van der Waals surface area (Å²) in [6, 6.07) is 4.92. The predicted molar refractivity (Wildman–Crippen MR) is 74.2 cm³/mol. The maximum absolute atomic E-state index is 12.0. The number of rotatable bonds is 2. The van der Waals surface area contributed by atoms with Crippen LogP contribution in [-0.4, -0.2) is 27.7 Å². The highest BCUT2D eigenvalue weighted by Crippen LogP contribution is 2.19. The third-order valence-corrected chi connectivity index (χ3v) is 4.66. The van der Waals surface area contributed by atoms with E-state index in [1.54, 1.807) is 18.2 Å². The normalized spacial score (nSPS) is 23.6. The molecule has 0 radical (unpaired) electrons. The summed E-state index contributed by atoms with van der Waals surface area (Å²) in [5.74, 6) is 1.11. The van der Waals surface area contributed by atoms with Gasteiger partial charge in [0.1, 0.15) is 0 Å². The Morgan fingerprint density at radius 3 is 2.67 bits per heavy atom. The molecule has 0 bridgehead atoms. The molecule has 0 spiro atoms. The lowest BCUT2D eigenvalue weighted by molar-refractivity contribution is 0.0935. The van der Waals surface area contributed by atoms with Crippen molar-refractivity contribution >= 4 is 34.0 Å². The van der Waals surface area contributed by atoms with Crippen LogP contribution in [-0.2, 0) is 10.8 Å². The van der Waals surface area contributed by atoms with Gasteiger partial charge in [-0.25, -0.2) is 0 Å². The van der Waals surface area contributed by atoms with E-state index in [1.807, 2.05) is 0 Å². The van der Waals surface area contributed by atoms with Crippen LogP contribution >= 0.6 is 11.6 Å². The summed E-state index contributed by atoms with van der Waals surface area (Å²) in [4.78, 5) is 12.0. The Kier molecular flexibility index (Phi) is 4.24. The fourth-order valence-corrected chi connectivity index (χ4v) is 3.49. The molecular weight excluding hydrogens is 272 g/mol. The molecule has 0 aliphatic carbocycles. The molecule has 1 amide bonds. The van der Waals surface area contributed by atoms with Crippen molar-refractivity contribution in [2.45, 2.75) is 18.9 Å². The number of halogens is 1. The largest absolute Gasteiger partial charge is 0.399 e. The number of nitrogen functional groups attached to an aromatic ring is 1. The average molecular weight is 287 g/mol. The first-order chi connectivity index (χ1) is 8.56. The van der Waals surface area contributed by atoms with Crippen LogP contribution in [0.3, 0.4) is 0 Å². The minimum Gasteiger partial charge on any atom is -0.399 e. The van der Waals surface area contributed by atoms with Crippen LogP contribution < -0.4 is 11.1 Å². The summed E-state index contributed by atoms with van der Waals surface area (Å²) in [7, 11) is -0.722. The first-order valence-corrected chi connectivity index (χ1v) is 7.64. The van der Waals surface area contributed by atoms with Gasteiger partial charge in [0.15, 0.2) is 0 Å². The average Bonchev–Trinajstić information content (AvgIpc) is 2.32. The molecule has 1 fully saturated rings. The van der Waals surface area contributed by atoms with E-state index in [2.05, 4.69) is 5.32 Å². The van der Waals surface area contributed by atoms with Crippen molar-refractivity contribution in [2.75, 3.05) is 17.2 Å². The highest BCUT2D eigenvalue weighted by molar-refractivity contribution is 7.85. The summed E-state index contributed by atoms with van der Waals surface area (Å²) in [5, 5.41) is 3.27. The quantitative estimate of drug-likeness (QED) is 0.811. The van der Waals surface area contributed by atoms with E-state index in [1.165, 1.54) is 0 Å². The zero-order valence-corrected chi connectivity index (χ0v) is 11.4. The number of amides is 1. The van der Waals surface area contributed by atoms with E-state index in [0.29, 0.717) is 27.8 Å². The van der Waals surface area contributed by atoms with Gasteiger partial charge in [-0.05, 0) is 31.0 Å². The van der Waals surface area contributed by atoms with E-state index in [0.717, 1.165) is 12.8 Å². The standard InChI is InChI=1S/C12H15ClN2O2S/c13-11-7-8(14)1-2-10(11)12(16)15-9-3-5-18(17)6-4-9/h1-2,7,9H,3-6,14H2,(H,15,16). The molecular formula is C12H15ClN2O2S. The van der Waals surface area contributed by atoms with Crippen LogP contribution in [0.25, 0.3) is 0 Å². The van der Waals surface area contributed by atoms with Crippen molar-refractivity contribution < 1.29 is 9.00 Å². The molecule has 3 N–H and O–H groups in total. The summed E-state index contributed by atoms with van der Waals surface area (Å²) >= 11 is 5.98. The zero-order valence-electron chi connectivity index (χ0n) is 9.82. The van der Waals surface area contributed by atoms with E-state index in [9.17, 15) is 9.00 Å². The van der Waals surface area contributed by atoms with Crippen LogP contribution in [0.2, 0.25) is 5.02 Å². The molecule has 0 saturated carbocycles. The number of carbonyl (C=O) groups is 1. The lowest BCUT2D eigenvalue weighted by Gasteiger charge is -2.22. The molecule has 2 rings (SSSR count). The van der Waals surface area contributed by atoms with Crippen LogP contribution in [0.4, 0.5) is 5.69 Å². The lowest BCUT2D eigenvalue weighted by Crippen LogP contribution is -2.39. The van der Waals surface area contributed by atoms with Gasteiger partial charge in [0.05, 0.1) is 10.6 Å². The monoisotopic (exact) mass is 286 g/mol. The maximum Gasteiger partial charge on any atom is 0.253 e. The van der Waals surface area contributed by atoms with Gasteiger partial charge < -0.3 is 11.1 Å². The van der Waals surface area contributed by atoms with Crippen molar-refractivity contribution in [3.8, 4) is 0 Å². The van der Waals surface area contributed by atoms with Crippen LogP contribution in [0.1, 0.15) is 23.2 Å². The molecule has 6 heteroatoms. The molecule has 18 heavy (non-hydrogen) atoms. The molecule has 4 nitrogen and oxygen atoms in total. The van der Waals surface area contributed by atoms with E-state index < -0.39 is 10.8 Å². The number of nitrogens with two attached hydrogens (primary N) is 1. The Bertz CT molecular complexity index is 483. The smallest absolute Gasteiger partial charge is 0.253 e. The Hall–Kier alpha value is -1.07. The molecule has 0 unspecified atom stereocenters. The zero-order chi connectivity index (χ0) is 13.1. The first-order valence-electron chi connectivity index (χ1n) is 5.77. The molecule has 1 aliphatic rings. The molecule has 98 valence electrons. The number of anilines is 1. The summed E-state index contributed by atoms with van der Waals surface area (Å²) in [5.41, 5.74) is 6.54. The highest BCUT2D eigenvalue weighted by atomic mass is 35.5. The molecule has 1 aliphatic heterocycles. The Morgan fingerprint density at radius 1 is 1.39 bits per heavy atom. The van der Waals surface area contributed by atoms with Crippen LogP contribution in [0, 0.1) is 0 Å². The van der Waals surface area contributed by atoms with Gasteiger partial charge in [-0.1, -0.05) is 11.6 Å². The van der Waals surface area contributed by atoms with Crippen molar-refractivity contribution in [3.05, 3.63) is 28.8 Å². The second-order valence-electron chi connectivity index (χ2n) is 4.34. The van der Waals surface area contributed by atoms with Crippen LogP contribution in [0.5, 0.6) is 0 Å². The van der Waals surface area contributed by atoms with E-state index in [-0.39, 0.29) is 11.9 Å². The summed E-state index contributed by atoms with van der Waals surface area (Å²) in [6.45, 7) is 0. The van der Waals surface area contributed by atoms with Gasteiger partial charge in [0.2, 0.25) is 0 Å². The molecule has 1 aromatic rings. The van der Waals surface area contributed by atoms with E-state index >= 15 is 0 Å². The van der Waals surface area contributed by atoms with E-state index in [4.69, 9.17) is 17.3 Å². The lowest BCUT2D eigenvalue weighted by atomic mass is 10.1. The van der Waals surface area contributed by atoms with Gasteiger partial charge in [0.25, 0.3) is 5.91 Å². The van der Waals surface area contributed by atoms with Crippen molar-refractivity contribution in [3.63, 3.8) is 0 Å². The number of hydrogen-bond acceptors (Lipinski definition) is 3. The molecule has 1 saturated heterocycles. The van der Waals surface area contributed by atoms with Crippen LogP contribution in [0.15, 0.2) is 18.2 Å². The second kappa shape index (κ2) is 5.71. The van der Waals surface area contributed by atoms with Gasteiger partial charge in [-0.15, -0.1) is 0 Å². The Balaban J connectivity index is 2.01. The first kappa shape index (κ1) is 13.4. The number of carbonyl (C=O) groups excluding carboxylic acids is 1. The SMILES string of the molecule is Nc1ccc(C(=O)NC2CCS(=O)CC2)c(Cl)c1. The van der Waals surface area contributed by atoms with Gasteiger partial charge in [-0.3, -0.25) is 9.00 Å². The molecule has 0 atom stereocenters. The Morgan fingerprint density at radius 2 is 2.06 bits per heavy atom. The molecule has 0 aromatic heterocycles. The third kappa shape index (κ3) is 3.23. The highest BCUT2D eigenvalue weighted by Gasteiger charge is 2.20. The Labute approximate surface area is 113 Å². The summed E-state index contributed by atoms with van der Waals surface area (Å²) in [6.07, 6.45) is 1.51. The number of benzene rings is 1. The van der Waals surface area contributed by atoms with Gasteiger partial charge in [0, 0.05) is 34.0 Å². The summed E-state index contributed by atoms with van der Waals surface area (Å²) < 4.78 is 11.2. The fraction of sp³-hybridized carbons (Fsp3) is 0.417. The third-order valence-electron chi connectivity index (χ3n) is 2.96. The number of hydrogen-bond donors (Lipinski definition) is 2. The molecule has 1 aromatic carbocycles. The topological polar surface area (TPSA) is 72.2 Å². The second-order valence-corrected chi connectivity index (χ2v) is 6.44. The molecule has 1 heterocycles. The van der Waals surface area contributed by atoms with Crippen molar-refractivity contribution in [1.82, 2.24) is 5.32 Å². The minimum atomic E-state index is -0.722. The van der Waals surface area contributed by atoms with Gasteiger partial charge >= 0.3 is 0 Å². The minimum absolute atomic E-state index is 0.0869.